The number of benzene rings is 2. The number of nitrogens with one attached hydrogen (secondary N) is 1. The Bertz CT molecular complexity index is 993. The average molecular weight is 379 g/mol. The summed E-state index contributed by atoms with van der Waals surface area (Å²) in [7, 11) is 0. The number of hydrogen-bond donors (Lipinski definition) is 1. The monoisotopic (exact) mass is 379 g/mol. The summed E-state index contributed by atoms with van der Waals surface area (Å²) in [6.45, 7) is 1.92. The first-order valence-corrected chi connectivity index (χ1v) is 8.73. The van der Waals surface area contributed by atoms with E-state index in [-0.39, 0.29) is 30.6 Å². The van der Waals surface area contributed by atoms with Crippen molar-refractivity contribution in [3.05, 3.63) is 71.3 Å². The van der Waals surface area contributed by atoms with E-state index in [1.807, 2.05) is 18.2 Å². The van der Waals surface area contributed by atoms with Gasteiger partial charge in [-0.1, -0.05) is 30.3 Å². The maximum absolute atomic E-state index is 12.9. The van der Waals surface area contributed by atoms with Gasteiger partial charge < -0.3 is 24.3 Å². The summed E-state index contributed by atoms with van der Waals surface area (Å²) < 4.78 is 21.5. The minimum Gasteiger partial charge on any atom is -0.462 e. The van der Waals surface area contributed by atoms with Crippen LogP contribution in [0.15, 0.2) is 65.7 Å². The van der Waals surface area contributed by atoms with Crippen molar-refractivity contribution in [2.75, 3.05) is 18.7 Å². The van der Waals surface area contributed by atoms with E-state index in [9.17, 15) is 9.59 Å². The van der Waals surface area contributed by atoms with Gasteiger partial charge in [-0.15, -0.1) is 0 Å². The van der Waals surface area contributed by atoms with Crippen LogP contribution in [0.2, 0.25) is 0 Å². The number of carbonyl (C=O) groups is 2. The zero-order chi connectivity index (χ0) is 19.5. The highest BCUT2D eigenvalue weighted by molar-refractivity contribution is 6.26. The van der Waals surface area contributed by atoms with Crippen molar-refractivity contribution in [1.82, 2.24) is 0 Å². The number of allylic oxidation sites excluding steroid dienone is 1. The topological polar surface area (TPSA) is 83.1 Å². The summed E-state index contributed by atoms with van der Waals surface area (Å²) in [5.74, 6) is -0.175. The van der Waals surface area contributed by atoms with E-state index < -0.39 is 11.8 Å². The van der Waals surface area contributed by atoms with Gasteiger partial charge in [0, 0.05) is 11.3 Å². The number of anilines is 1. The Morgan fingerprint density at radius 3 is 2.75 bits per heavy atom. The van der Waals surface area contributed by atoms with E-state index in [1.54, 1.807) is 37.3 Å². The van der Waals surface area contributed by atoms with E-state index in [0.717, 1.165) is 0 Å². The Hall–Kier alpha value is -3.74. The third-order valence-electron chi connectivity index (χ3n) is 4.11. The molecule has 0 radical (unpaired) electrons. The normalized spacial score (nSPS) is 16.3. The zero-order valence-corrected chi connectivity index (χ0v) is 15.1. The van der Waals surface area contributed by atoms with E-state index in [0.29, 0.717) is 22.7 Å². The van der Waals surface area contributed by atoms with Crippen LogP contribution in [-0.2, 0) is 19.1 Å². The quantitative estimate of drug-likeness (QED) is 0.485. The van der Waals surface area contributed by atoms with Gasteiger partial charge in [-0.25, -0.2) is 4.79 Å². The molecule has 2 aliphatic rings. The predicted octanol–water partition coefficient (Wildman–Crippen LogP) is 3.24. The van der Waals surface area contributed by atoms with Gasteiger partial charge in [-0.05, 0) is 31.2 Å². The maximum Gasteiger partial charge on any atom is 0.347 e. The van der Waals surface area contributed by atoms with Crippen LogP contribution in [0, 0.1) is 0 Å². The molecule has 2 heterocycles. The second kappa shape index (κ2) is 7.48. The molecule has 2 aromatic carbocycles. The van der Waals surface area contributed by atoms with Crippen LogP contribution in [0.4, 0.5) is 5.69 Å². The van der Waals surface area contributed by atoms with Crippen molar-refractivity contribution < 1.29 is 28.5 Å². The second-order valence-electron chi connectivity index (χ2n) is 5.94. The van der Waals surface area contributed by atoms with E-state index in [2.05, 4.69) is 5.32 Å². The van der Waals surface area contributed by atoms with Crippen LogP contribution < -0.4 is 14.8 Å². The summed E-state index contributed by atoms with van der Waals surface area (Å²) in [6.07, 6.45) is 1.52. The summed E-state index contributed by atoms with van der Waals surface area (Å²) >= 11 is 0. The molecule has 4 rings (SSSR count). The molecule has 0 amide bonds. The van der Waals surface area contributed by atoms with Crippen molar-refractivity contribution in [2.24, 2.45) is 0 Å². The van der Waals surface area contributed by atoms with Crippen molar-refractivity contribution >= 4 is 23.5 Å². The molecule has 7 nitrogen and oxygen atoms in total. The smallest absolute Gasteiger partial charge is 0.347 e. The largest absolute Gasteiger partial charge is 0.462 e. The van der Waals surface area contributed by atoms with E-state index in [1.165, 1.54) is 6.08 Å². The number of rotatable bonds is 5. The maximum atomic E-state index is 12.9. The predicted molar refractivity (Wildman–Crippen MR) is 100 cm³/mol. The Kier molecular flexibility index (Phi) is 4.72. The molecule has 2 aliphatic heterocycles. The fourth-order valence-electron chi connectivity index (χ4n) is 2.87. The molecule has 0 aromatic heterocycles. The Labute approximate surface area is 161 Å². The molecule has 0 saturated carbocycles. The Balaban J connectivity index is 1.69. The molecule has 142 valence electrons. The van der Waals surface area contributed by atoms with Gasteiger partial charge in [0.15, 0.2) is 22.8 Å². The Morgan fingerprint density at radius 1 is 1.14 bits per heavy atom. The van der Waals surface area contributed by atoms with Crippen LogP contribution in [0.1, 0.15) is 12.5 Å². The van der Waals surface area contributed by atoms with E-state index in [4.69, 9.17) is 18.9 Å². The third kappa shape index (κ3) is 3.29. The first-order valence-electron chi connectivity index (χ1n) is 8.73. The molecule has 0 unspecified atom stereocenters. The lowest BCUT2D eigenvalue weighted by molar-refractivity contribution is -0.139. The van der Waals surface area contributed by atoms with Gasteiger partial charge in [0.2, 0.25) is 18.5 Å². The molecule has 28 heavy (non-hydrogen) atoms. The van der Waals surface area contributed by atoms with Crippen molar-refractivity contribution in [3.8, 4) is 11.5 Å². The van der Waals surface area contributed by atoms with Gasteiger partial charge in [-0.3, -0.25) is 4.79 Å². The summed E-state index contributed by atoms with van der Waals surface area (Å²) in [5, 5.41) is 2.97. The van der Waals surface area contributed by atoms with Crippen LogP contribution in [0.3, 0.4) is 0 Å². The third-order valence-corrected chi connectivity index (χ3v) is 4.11. The van der Waals surface area contributed by atoms with Gasteiger partial charge in [-0.2, -0.15) is 0 Å². The fraction of sp³-hybridized carbons (Fsp3) is 0.143. The minimum absolute atomic E-state index is 0.00890. The first-order chi connectivity index (χ1) is 13.7. The first kappa shape index (κ1) is 17.7. The molecule has 0 fully saturated rings. The summed E-state index contributed by atoms with van der Waals surface area (Å²) in [4.78, 5) is 25.2. The molecular weight excluding hydrogens is 362 g/mol. The highest BCUT2D eigenvalue weighted by Crippen LogP contribution is 2.38. The molecule has 0 saturated heterocycles. The lowest BCUT2D eigenvalue weighted by Gasteiger charge is -2.08. The molecule has 7 heteroatoms. The minimum atomic E-state index is -0.743. The van der Waals surface area contributed by atoms with E-state index >= 15 is 0 Å². The van der Waals surface area contributed by atoms with Crippen LogP contribution in [-0.4, -0.2) is 25.2 Å². The number of ketones is 1. The highest BCUT2D eigenvalue weighted by atomic mass is 16.7. The standard InChI is InChI=1S/C21H17NO6/c1-2-25-21(24)17-18(23)16(28-20(17)22-14-8-4-3-5-9-14)11-13-7-6-10-15-19(13)27-12-26-15/h3-11,22H,2,12H2,1H3/b16-11-. The van der Waals surface area contributed by atoms with Crippen molar-refractivity contribution in [3.63, 3.8) is 0 Å². The van der Waals surface area contributed by atoms with Gasteiger partial charge >= 0.3 is 5.97 Å². The number of carbonyl (C=O) groups excluding carboxylic acids is 2. The van der Waals surface area contributed by atoms with Gasteiger partial charge in [0.25, 0.3) is 0 Å². The number of para-hydroxylation sites is 2. The van der Waals surface area contributed by atoms with Crippen LogP contribution in [0.5, 0.6) is 11.5 Å². The van der Waals surface area contributed by atoms with Crippen LogP contribution >= 0.6 is 0 Å². The highest BCUT2D eigenvalue weighted by Gasteiger charge is 2.37. The summed E-state index contributed by atoms with van der Waals surface area (Å²) in [6, 6.07) is 14.4. The molecular formula is C21H17NO6. The molecule has 1 N–H and O–H groups in total. The number of fused-ring (bicyclic) bond motifs is 1. The second-order valence-corrected chi connectivity index (χ2v) is 5.94. The molecule has 0 spiro atoms. The molecule has 2 aromatic rings. The lowest BCUT2D eigenvalue weighted by Crippen LogP contribution is -2.16. The SMILES string of the molecule is CCOC(=O)C1=C(Nc2ccccc2)O/C(=C\c2cccc3c2OCO3)C1=O. The Morgan fingerprint density at radius 2 is 1.96 bits per heavy atom. The fourth-order valence-corrected chi connectivity index (χ4v) is 2.87. The molecule has 0 aliphatic carbocycles. The van der Waals surface area contributed by atoms with Crippen LogP contribution in [0.25, 0.3) is 6.08 Å². The van der Waals surface area contributed by atoms with Crippen molar-refractivity contribution in [2.45, 2.75) is 6.92 Å². The average Bonchev–Trinajstić information content (AvgIpc) is 3.28. The number of Topliss-reactive ketones (excluding diaryl/α,β-unsaturated/α-hetero) is 1. The number of hydrogen-bond acceptors (Lipinski definition) is 7. The lowest BCUT2D eigenvalue weighted by atomic mass is 10.1. The van der Waals surface area contributed by atoms with Gasteiger partial charge in [0.1, 0.15) is 0 Å². The summed E-state index contributed by atoms with van der Waals surface area (Å²) in [5.41, 5.74) is 1.11. The van der Waals surface area contributed by atoms with Crippen molar-refractivity contribution in [1.29, 1.82) is 0 Å². The zero-order valence-electron chi connectivity index (χ0n) is 15.1. The number of esters is 1. The van der Waals surface area contributed by atoms with Gasteiger partial charge in [0.05, 0.1) is 6.61 Å². The number of ether oxygens (including phenoxy) is 4. The molecule has 0 bridgehead atoms. The molecule has 0 atom stereocenters.